The number of para-hydroxylation sites is 1. The number of methoxy groups -OCH3 is 1. The molecule has 0 atom stereocenters. The molecule has 0 spiro atoms. The Balaban J connectivity index is 1.71. The first-order valence-corrected chi connectivity index (χ1v) is 9.16. The highest BCUT2D eigenvalue weighted by Crippen LogP contribution is 2.28. The highest BCUT2D eigenvalue weighted by Gasteiger charge is 2.16. The van der Waals surface area contributed by atoms with E-state index in [2.05, 4.69) is 15.6 Å². The molecule has 0 aliphatic carbocycles. The molecule has 0 aliphatic rings. The number of carbonyl (C=O) groups excluding carboxylic acids is 3. The Morgan fingerprint density at radius 3 is 2.53 bits per heavy atom. The minimum Gasteiger partial charge on any atom is -0.495 e. The molecular weight excluding hydrogens is 386 g/mol. The van der Waals surface area contributed by atoms with Crippen LogP contribution in [0.3, 0.4) is 0 Å². The number of ether oxygens (including phenoxy) is 2. The molecule has 1 heterocycles. The molecule has 8 nitrogen and oxygen atoms in total. The van der Waals surface area contributed by atoms with Crippen LogP contribution in [0.25, 0.3) is 10.9 Å². The molecule has 0 radical (unpaired) electrons. The number of hydrogen-bond donors (Lipinski definition) is 2. The predicted octanol–water partition coefficient (Wildman–Crippen LogP) is 3.31. The van der Waals surface area contributed by atoms with Crippen molar-refractivity contribution in [2.75, 3.05) is 24.4 Å². The van der Waals surface area contributed by atoms with Crippen LogP contribution in [0.4, 0.5) is 11.4 Å². The van der Waals surface area contributed by atoms with Gasteiger partial charge in [0.05, 0.1) is 23.9 Å². The Bertz CT molecular complexity index is 1130. The molecule has 0 saturated heterocycles. The average Bonchev–Trinajstić information content (AvgIpc) is 2.71. The summed E-state index contributed by atoms with van der Waals surface area (Å²) >= 11 is 0. The maximum Gasteiger partial charge on any atom is 0.339 e. The van der Waals surface area contributed by atoms with Crippen LogP contribution in [-0.2, 0) is 14.3 Å². The van der Waals surface area contributed by atoms with Crippen molar-refractivity contribution >= 4 is 40.1 Å². The van der Waals surface area contributed by atoms with Gasteiger partial charge in [-0.2, -0.15) is 0 Å². The lowest BCUT2D eigenvalue weighted by Crippen LogP contribution is -2.21. The number of rotatable bonds is 6. The molecule has 30 heavy (non-hydrogen) atoms. The Morgan fingerprint density at radius 2 is 1.80 bits per heavy atom. The lowest BCUT2D eigenvalue weighted by molar-refractivity contribution is -0.119. The maximum atomic E-state index is 12.6. The molecule has 1 aromatic heterocycles. The lowest BCUT2D eigenvalue weighted by Gasteiger charge is -2.13. The smallest absolute Gasteiger partial charge is 0.339 e. The minimum absolute atomic E-state index is 0.244. The van der Waals surface area contributed by atoms with Crippen molar-refractivity contribution in [3.63, 3.8) is 0 Å². The van der Waals surface area contributed by atoms with Gasteiger partial charge in [-0.3, -0.25) is 14.6 Å². The monoisotopic (exact) mass is 407 g/mol. The maximum absolute atomic E-state index is 12.6. The SMILES string of the molecule is COc1ccc(NC(C)=O)cc1NC(=O)COC(=O)c1cc(C)nc2ccccc12. The minimum atomic E-state index is -0.620. The zero-order chi connectivity index (χ0) is 21.7. The molecule has 8 heteroatoms. The van der Waals surface area contributed by atoms with Gasteiger partial charge in [0.1, 0.15) is 5.75 Å². The third kappa shape index (κ3) is 4.91. The number of nitrogens with one attached hydrogen (secondary N) is 2. The molecular formula is C22H21N3O5. The van der Waals surface area contributed by atoms with Crippen LogP contribution < -0.4 is 15.4 Å². The van der Waals surface area contributed by atoms with Gasteiger partial charge in [0.15, 0.2) is 6.61 Å². The first-order chi connectivity index (χ1) is 14.4. The number of nitrogens with zero attached hydrogens (tertiary/aromatic N) is 1. The summed E-state index contributed by atoms with van der Waals surface area (Å²) in [5.74, 6) is -1.01. The molecule has 0 aliphatic heterocycles. The standard InChI is InChI=1S/C22H21N3O5/c1-13-10-17(16-6-4-5-7-18(16)23-13)22(28)30-12-21(27)25-19-11-15(24-14(2)26)8-9-20(19)29-3/h4-11H,12H2,1-3H3,(H,24,26)(H,25,27). The zero-order valence-corrected chi connectivity index (χ0v) is 16.8. The van der Waals surface area contributed by atoms with Crippen molar-refractivity contribution in [3.05, 3.63) is 59.8 Å². The highest BCUT2D eigenvalue weighted by atomic mass is 16.5. The summed E-state index contributed by atoms with van der Waals surface area (Å²) in [6, 6.07) is 13.7. The number of carbonyl (C=O) groups is 3. The number of anilines is 2. The van der Waals surface area contributed by atoms with Crippen LogP contribution in [0.5, 0.6) is 5.75 Å². The normalized spacial score (nSPS) is 10.4. The number of benzene rings is 2. The van der Waals surface area contributed by atoms with Gasteiger partial charge < -0.3 is 20.1 Å². The van der Waals surface area contributed by atoms with E-state index in [1.165, 1.54) is 14.0 Å². The number of pyridine rings is 1. The van der Waals surface area contributed by atoms with Gasteiger partial charge >= 0.3 is 5.97 Å². The Hall–Kier alpha value is -3.94. The number of amides is 2. The van der Waals surface area contributed by atoms with Crippen LogP contribution in [0, 0.1) is 6.92 Å². The van der Waals surface area contributed by atoms with E-state index in [4.69, 9.17) is 9.47 Å². The van der Waals surface area contributed by atoms with E-state index in [-0.39, 0.29) is 5.91 Å². The van der Waals surface area contributed by atoms with Crippen molar-refractivity contribution < 1.29 is 23.9 Å². The van der Waals surface area contributed by atoms with E-state index < -0.39 is 18.5 Å². The summed E-state index contributed by atoms with van der Waals surface area (Å²) in [5, 5.41) is 5.90. The van der Waals surface area contributed by atoms with Crippen LogP contribution in [0.15, 0.2) is 48.5 Å². The van der Waals surface area contributed by atoms with Gasteiger partial charge in [-0.15, -0.1) is 0 Å². The second kappa shape index (κ2) is 9.04. The second-order valence-corrected chi connectivity index (χ2v) is 6.55. The molecule has 2 amide bonds. The predicted molar refractivity (Wildman–Crippen MR) is 113 cm³/mol. The fourth-order valence-corrected chi connectivity index (χ4v) is 2.96. The Kier molecular flexibility index (Phi) is 6.26. The van der Waals surface area contributed by atoms with Crippen molar-refractivity contribution in [2.24, 2.45) is 0 Å². The zero-order valence-electron chi connectivity index (χ0n) is 16.8. The first-order valence-electron chi connectivity index (χ1n) is 9.16. The van der Waals surface area contributed by atoms with E-state index in [0.717, 1.165) is 0 Å². The fourth-order valence-electron chi connectivity index (χ4n) is 2.96. The van der Waals surface area contributed by atoms with E-state index in [0.29, 0.717) is 39.3 Å². The number of hydrogen-bond acceptors (Lipinski definition) is 6. The summed E-state index contributed by atoms with van der Waals surface area (Å²) in [4.78, 5) is 40.5. The van der Waals surface area contributed by atoms with E-state index >= 15 is 0 Å². The number of esters is 1. The van der Waals surface area contributed by atoms with Gasteiger partial charge in [-0.25, -0.2) is 4.79 Å². The largest absolute Gasteiger partial charge is 0.495 e. The third-order valence-electron chi connectivity index (χ3n) is 4.19. The van der Waals surface area contributed by atoms with Crippen molar-refractivity contribution in [2.45, 2.75) is 13.8 Å². The van der Waals surface area contributed by atoms with E-state index in [1.807, 2.05) is 6.07 Å². The van der Waals surface area contributed by atoms with Crippen LogP contribution in [-0.4, -0.2) is 36.5 Å². The topological polar surface area (TPSA) is 107 Å². The van der Waals surface area contributed by atoms with E-state index in [1.54, 1.807) is 49.4 Å². The van der Waals surface area contributed by atoms with Gasteiger partial charge in [0, 0.05) is 23.7 Å². The number of fused-ring (bicyclic) bond motifs is 1. The Labute approximate surface area is 173 Å². The van der Waals surface area contributed by atoms with Gasteiger partial charge in [-0.1, -0.05) is 18.2 Å². The third-order valence-corrected chi connectivity index (χ3v) is 4.19. The average molecular weight is 407 g/mol. The summed E-state index contributed by atoms with van der Waals surface area (Å²) in [5.41, 5.74) is 2.53. The lowest BCUT2D eigenvalue weighted by atomic mass is 10.1. The molecule has 0 bridgehead atoms. The van der Waals surface area contributed by atoms with Crippen LogP contribution in [0.1, 0.15) is 23.0 Å². The Morgan fingerprint density at radius 1 is 1.03 bits per heavy atom. The molecule has 3 aromatic rings. The first kappa shape index (κ1) is 20.8. The van der Waals surface area contributed by atoms with Crippen molar-refractivity contribution in [3.8, 4) is 5.75 Å². The van der Waals surface area contributed by atoms with Gasteiger partial charge in [0.2, 0.25) is 5.91 Å². The fraction of sp³-hybridized carbons (Fsp3) is 0.182. The second-order valence-electron chi connectivity index (χ2n) is 6.55. The van der Waals surface area contributed by atoms with E-state index in [9.17, 15) is 14.4 Å². The molecule has 0 fully saturated rings. The van der Waals surface area contributed by atoms with Gasteiger partial charge in [0.25, 0.3) is 5.91 Å². The quantitative estimate of drug-likeness (QED) is 0.607. The number of aromatic nitrogens is 1. The molecule has 154 valence electrons. The molecule has 2 aromatic carbocycles. The summed E-state index contributed by atoms with van der Waals surface area (Å²) in [6.45, 7) is 2.68. The van der Waals surface area contributed by atoms with Crippen molar-refractivity contribution in [1.29, 1.82) is 0 Å². The summed E-state index contributed by atoms with van der Waals surface area (Å²) < 4.78 is 10.4. The van der Waals surface area contributed by atoms with Crippen LogP contribution >= 0.6 is 0 Å². The summed E-state index contributed by atoms with van der Waals surface area (Å²) in [6.07, 6.45) is 0. The molecule has 3 rings (SSSR count). The van der Waals surface area contributed by atoms with Crippen LogP contribution in [0.2, 0.25) is 0 Å². The molecule has 0 saturated carbocycles. The molecule has 2 N–H and O–H groups in total. The molecule has 0 unspecified atom stereocenters. The number of aryl methyl sites for hydroxylation is 1. The summed E-state index contributed by atoms with van der Waals surface area (Å²) in [7, 11) is 1.46. The highest BCUT2D eigenvalue weighted by molar-refractivity contribution is 6.04. The van der Waals surface area contributed by atoms with Gasteiger partial charge in [-0.05, 0) is 37.3 Å². The van der Waals surface area contributed by atoms with Crippen molar-refractivity contribution in [1.82, 2.24) is 4.98 Å².